The van der Waals surface area contributed by atoms with Crippen LogP contribution < -0.4 is 4.90 Å². The number of carbonyl (C=O) groups excluding carboxylic acids is 2. The minimum atomic E-state index is -0.439. The van der Waals surface area contributed by atoms with Crippen molar-refractivity contribution in [3.8, 4) is 0 Å². The number of benzene rings is 1. The lowest BCUT2D eigenvalue weighted by Gasteiger charge is -2.19. The molecule has 0 fully saturated rings. The summed E-state index contributed by atoms with van der Waals surface area (Å²) in [4.78, 5) is 25.7. The van der Waals surface area contributed by atoms with Gasteiger partial charge in [0.1, 0.15) is 0 Å². The zero-order valence-electron chi connectivity index (χ0n) is 13.2. The molecular formula is C17H23NO3. The van der Waals surface area contributed by atoms with Crippen LogP contribution in [-0.4, -0.2) is 31.4 Å². The van der Waals surface area contributed by atoms with Crippen LogP contribution in [0.25, 0.3) is 0 Å². The fourth-order valence-electron chi connectivity index (χ4n) is 2.46. The molecule has 1 amide bonds. The average molecular weight is 289 g/mol. The highest BCUT2D eigenvalue weighted by molar-refractivity contribution is 6.52. The predicted molar refractivity (Wildman–Crippen MR) is 82.9 cm³/mol. The number of fused-ring (bicyclic) bond motifs is 1. The highest BCUT2D eigenvalue weighted by Crippen LogP contribution is 2.33. The number of aryl methyl sites for hydroxylation is 1. The number of Topliss-reactive ketones (excluding diaryl/α,β-unsaturated/α-hetero) is 1. The fourth-order valence-corrected chi connectivity index (χ4v) is 2.46. The van der Waals surface area contributed by atoms with E-state index in [0.29, 0.717) is 31.2 Å². The van der Waals surface area contributed by atoms with Gasteiger partial charge < -0.3 is 9.64 Å². The topological polar surface area (TPSA) is 46.6 Å². The Morgan fingerprint density at radius 2 is 1.86 bits per heavy atom. The third kappa shape index (κ3) is 3.16. The summed E-state index contributed by atoms with van der Waals surface area (Å²) in [5.74, 6) is -0.243. The van der Waals surface area contributed by atoms with E-state index in [9.17, 15) is 9.59 Å². The maximum atomic E-state index is 12.1. The molecule has 4 nitrogen and oxygen atoms in total. The van der Waals surface area contributed by atoms with Crippen LogP contribution >= 0.6 is 0 Å². The monoisotopic (exact) mass is 289 g/mol. The molecule has 1 heterocycles. The van der Waals surface area contributed by atoms with E-state index in [-0.39, 0.29) is 0 Å². The number of carbonyl (C=O) groups is 2. The SMILES string of the molecule is Cc1ccc2c(c1C)N(CCOCCC(C)C)C(=O)C2=O. The molecule has 0 spiro atoms. The normalized spacial score (nSPS) is 14.2. The molecule has 0 saturated carbocycles. The van der Waals surface area contributed by atoms with Gasteiger partial charge in [-0.15, -0.1) is 0 Å². The molecule has 1 aliphatic rings. The van der Waals surface area contributed by atoms with E-state index < -0.39 is 11.7 Å². The van der Waals surface area contributed by atoms with Gasteiger partial charge in [0.15, 0.2) is 0 Å². The summed E-state index contributed by atoms with van der Waals surface area (Å²) in [6.45, 7) is 9.81. The van der Waals surface area contributed by atoms with Crippen LogP contribution in [0, 0.1) is 19.8 Å². The molecule has 0 bridgehead atoms. The van der Waals surface area contributed by atoms with E-state index in [1.807, 2.05) is 19.9 Å². The molecule has 1 aromatic carbocycles. The summed E-state index contributed by atoms with van der Waals surface area (Å²) < 4.78 is 5.57. The second kappa shape index (κ2) is 6.39. The lowest BCUT2D eigenvalue weighted by Crippen LogP contribution is -2.33. The van der Waals surface area contributed by atoms with Gasteiger partial charge >= 0.3 is 0 Å². The number of ether oxygens (including phenoxy) is 1. The van der Waals surface area contributed by atoms with E-state index in [2.05, 4.69) is 13.8 Å². The van der Waals surface area contributed by atoms with Crippen LogP contribution in [0.4, 0.5) is 5.69 Å². The zero-order valence-corrected chi connectivity index (χ0v) is 13.2. The molecular weight excluding hydrogens is 266 g/mol. The van der Waals surface area contributed by atoms with Gasteiger partial charge in [0.2, 0.25) is 0 Å². The van der Waals surface area contributed by atoms with Gasteiger partial charge in [0.25, 0.3) is 11.7 Å². The van der Waals surface area contributed by atoms with Crippen LogP contribution in [-0.2, 0) is 9.53 Å². The Labute approximate surface area is 126 Å². The maximum absolute atomic E-state index is 12.1. The largest absolute Gasteiger partial charge is 0.380 e. The van der Waals surface area contributed by atoms with E-state index in [1.54, 1.807) is 11.0 Å². The minimum absolute atomic E-state index is 0.407. The second-order valence-electron chi connectivity index (χ2n) is 5.98. The van der Waals surface area contributed by atoms with Crippen molar-refractivity contribution in [2.75, 3.05) is 24.7 Å². The molecule has 0 radical (unpaired) electrons. The molecule has 2 rings (SSSR count). The summed E-state index contributed by atoms with van der Waals surface area (Å²) >= 11 is 0. The molecule has 0 aromatic heterocycles. The smallest absolute Gasteiger partial charge is 0.299 e. The highest BCUT2D eigenvalue weighted by Gasteiger charge is 2.36. The Bertz CT molecular complexity index is 563. The van der Waals surface area contributed by atoms with Crippen molar-refractivity contribution in [2.45, 2.75) is 34.1 Å². The molecule has 0 atom stereocenters. The Balaban J connectivity index is 2.07. The number of nitrogens with zero attached hydrogens (tertiary/aromatic N) is 1. The third-order valence-corrected chi connectivity index (χ3v) is 3.95. The van der Waals surface area contributed by atoms with Gasteiger partial charge in [0, 0.05) is 13.2 Å². The fraction of sp³-hybridized carbons (Fsp3) is 0.529. The number of hydrogen-bond donors (Lipinski definition) is 0. The molecule has 0 N–H and O–H groups in total. The first-order valence-electron chi connectivity index (χ1n) is 7.47. The van der Waals surface area contributed by atoms with Crippen LogP contribution in [0.3, 0.4) is 0 Å². The Morgan fingerprint density at radius 1 is 1.14 bits per heavy atom. The van der Waals surface area contributed by atoms with Crippen molar-refractivity contribution in [1.29, 1.82) is 0 Å². The molecule has 0 aliphatic carbocycles. The summed E-state index contributed by atoms with van der Waals surface area (Å²) in [5, 5.41) is 0. The van der Waals surface area contributed by atoms with Crippen molar-refractivity contribution in [1.82, 2.24) is 0 Å². The molecule has 4 heteroatoms. The van der Waals surface area contributed by atoms with E-state index in [1.165, 1.54) is 0 Å². The number of ketones is 1. The number of anilines is 1. The lowest BCUT2D eigenvalue weighted by atomic mass is 10.0. The first kappa shape index (κ1) is 15.7. The number of amides is 1. The van der Waals surface area contributed by atoms with Gasteiger partial charge in [-0.25, -0.2) is 0 Å². The summed E-state index contributed by atoms with van der Waals surface area (Å²) in [7, 11) is 0. The summed E-state index contributed by atoms with van der Waals surface area (Å²) in [6, 6.07) is 3.64. The van der Waals surface area contributed by atoms with Gasteiger partial charge in [-0.1, -0.05) is 19.9 Å². The molecule has 21 heavy (non-hydrogen) atoms. The minimum Gasteiger partial charge on any atom is -0.380 e. The third-order valence-electron chi connectivity index (χ3n) is 3.95. The van der Waals surface area contributed by atoms with E-state index >= 15 is 0 Å². The predicted octanol–water partition coefficient (Wildman–Crippen LogP) is 2.90. The van der Waals surface area contributed by atoms with Gasteiger partial charge in [-0.2, -0.15) is 0 Å². The maximum Gasteiger partial charge on any atom is 0.299 e. The zero-order chi connectivity index (χ0) is 15.6. The van der Waals surface area contributed by atoms with Crippen molar-refractivity contribution < 1.29 is 14.3 Å². The van der Waals surface area contributed by atoms with Crippen LogP contribution in [0.1, 0.15) is 41.8 Å². The summed E-state index contributed by atoms with van der Waals surface area (Å²) in [6.07, 6.45) is 1.00. The molecule has 114 valence electrons. The Morgan fingerprint density at radius 3 is 2.52 bits per heavy atom. The van der Waals surface area contributed by atoms with Crippen LogP contribution in [0.15, 0.2) is 12.1 Å². The molecule has 0 unspecified atom stereocenters. The Hall–Kier alpha value is -1.68. The van der Waals surface area contributed by atoms with Gasteiger partial charge in [0.05, 0.1) is 17.9 Å². The first-order valence-corrected chi connectivity index (χ1v) is 7.47. The quantitative estimate of drug-likeness (QED) is 0.597. The Kier molecular flexibility index (Phi) is 4.78. The lowest BCUT2D eigenvalue weighted by molar-refractivity contribution is -0.114. The number of hydrogen-bond acceptors (Lipinski definition) is 3. The van der Waals surface area contributed by atoms with Crippen molar-refractivity contribution in [3.63, 3.8) is 0 Å². The first-order chi connectivity index (χ1) is 9.93. The van der Waals surface area contributed by atoms with Crippen molar-refractivity contribution >= 4 is 17.4 Å². The van der Waals surface area contributed by atoms with Crippen LogP contribution in [0.5, 0.6) is 0 Å². The van der Waals surface area contributed by atoms with E-state index in [0.717, 1.165) is 23.2 Å². The van der Waals surface area contributed by atoms with Crippen molar-refractivity contribution in [2.24, 2.45) is 5.92 Å². The van der Waals surface area contributed by atoms with Crippen LogP contribution in [0.2, 0.25) is 0 Å². The van der Waals surface area contributed by atoms with Gasteiger partial charge in [-0.3, -0.25) is 9.59 Å². The molecule has 1 aromatic rings. The summed E-state index contributed by atoms with van der Waals surface area (Å²) in [5.41, 5.74) is 3.36. The van der Waals surface area contributed by atoms with E-state index in [4.69, 9.17) is 4.74 Å². The van der Waals surface area contributed by atoms with Gasteiger partial charge in [-0.05, 0) is 43.4 Å². The number of rotatable bonds is 6. The second-order valence-corrected chi connectivity index (χ2v) is 5.98. The standard InChI is InChI=1S/C17H23NO3/c1-11(2)7-9-21-10-8-18-15-13(4)12(3)5-6-14(15)16(19)17(18)20/h5-6,11H,7-10H2,1-4H3. The highest BCUT2D eigenvalue weighted by atomic mass is 16.5. The average Bonchev–Trinajstić information content (AvgIpc) is 2.67. The molecule has 0 saturated heterocycles. The van der Waals surface area contributed by atoms with Crippen molar-refractivity contribution in [3.05, 3.63) is 28.8 Å². The molecule has 1 aliphatic heterocycles.